The van der Waals surface area contributed by atoms with Gasteiger partial charge < -0.3 is 4.90 Å². The number of carbonyl (C=O) groups is 1. The summed E-state index contributed by atoms with van der Waals surface area (Å²) in [7, 11) is 0. The lowest BCUT2D eigenvalue weighted by molar-refractivity contribution is 0.0760. The van der Waals surface area contributed by atoms with Crippen molar-refractivity contribution < 1.29 is 9.18 Å². The Morgan fingerprint density at radius 2 is 2.38 bits per heavy atom. The molecule has 1 unspecified atom stereocenters. The number of aryl methyl sites for hydroxylation is 1. The SMILES string of the molecule is Cc1cc(C(=O)N2CCC(C)(F)C2)cnn1. The second kappa shape index (κ2) is 3.81. The van der Waals surface area contributed by atoms with Gasteiger partial charge in [0, 0.05) is 13.0 Å². The Morgan fingerprint density at radius 1 is 1.62 bits per heavy atom. The van der Waals surface area contributed by atoms with Crippen LogP contribution in [0.15, 0.2) is 12.3 Å². The highest BCUT2D eigenvalue weighted by Gasteiger charge is 2.36. The van der Waals surface area contributed by atoms with E-state index in [0.717, 1.165) is 0 Å². The van der Waals surface area contributed by atoms with Gasteiger partial charge in [0.15, 0.2) is 0 Å². The van der Waals surface area contributed by atoms with Gasteiger partial charge in [-0.2, -0.15) is 10.2 Å². The molecule has 1 aliphatic rings. The fourth-order valence-corrected chi connectivity index (χ4v) is 1.87. The predicted octanol–water partition coefficient (Wildman–Crippen LogP) is 1.36. The van der Waals surface area contributed by atoms with Crippen molar-refractivity contribution in [1.29, 1.82) is 0 Å². The minimum atomic E-state index is -1.26. The summed E-state index contributed by atoms with van der Waals surface area (Å²) in [5.41, 5.74) is -0.0937. The Kier molecular flexibility index (Phi) is 2.61. The average Bonchev–Trinajstić information content (AvgIpc) is 2.58. The highest BCUT2D eigenvalue weighted by atomic mass is 19.1. The first-order valence-corrected chi connectivity index (χ1v) is 5.25. The smallest absolute Gasteiger partial charge is 0.255 e. The fourth-order valence-electron chi connectivity index (χ4n) is 1.87. The molecule has 2 heterocycles. The van der Waals surface area contributed by atoms with Gasteiger partial charge >= 0.3 is 0 Å². The van der Waals surface area contributed by atoms with E-state index in [1.807, 2.05) is 0 Å². The zero-order chi connectivity index (χ0) is 11.8. The van der Waals surface area contributed by atoms with E-state index in [4.69, 9.17) is 0 Å². The monoisotopic (exact) mass is 223 g/mol. The Bertz CT molecular complexity index is 419. The van der Waals surface area contributed by atoms with Crippen molar-refractivity contribution in [3.05, 3.63) is 23.5 Å². The molecule has 0 bridgehead atoms. The Morgan fingerprint density at radius 3 is 2.94 bits per heavy atom. The van der Waals surface area contributed by atoms with E-state index in [1.165, 1.54) is 18.0 Å². The van der Waals surface area contributed by atoms with E-state index in [9.17, 15) is 9.18 Å². The number of nitrogens with zero attached hydrogens (tertiary/aromatic N) is 3. The number of amides is 1. The molecule has 0 spiro atoms. The summed E-state index contributed by atoms with van der Waals surface area (Å²) in [4.78, 5) is 13.5. The Hall–Kier alpha value is -1.52. The van der Waals surface area contributed by atoms with Crippen molar-refractivity contribution in [3.63, 3.8) is 0 Å². The molecule has 0 aliphatic carbocycles. The lowest BCUT2D eigenvalue weighted by Gasteiger charge is -2.17. The second-order valence-electron chi connectivity index (χ2n) is 4.48. The summed E-state index contributed by atoms with van der Waals surface area (Å²) < 4.78 is 13.6. The largest absolute Gasteiger partial charge is 0.335 e. The van der Waals surface area contributed by atoms with Gasteiger partial charge in [-0.3, -0.25) is 4.79 Å². The summed E-state index contributed by atoms with van der Waals surface area (Å²) in [6.07, 6.45) is 1.82. The first-order valence-electron chi connectivity index (χ1n) is 5.25. The topological polar surface area (TPSA) is 46.1 Å². The third kappa shape index (κ3) is 2.18. The molecule has 1 saturated heterocycles. The highest BCUT2D eigenvalue weighted by molar-refractivity contribution is 5.94. The number of rotatable bonds is 1. The first kappa shape index (κ1) is 11.0. The molecule has 1 fully saturated rings. The van der Waals surface area contributed by atoms with Crippen LogP contribution in [0.2, 0.25) is 0 Å². The van der Waals surface area contributed by atoms with E-state index in [2.05, 4.69) is 10.2 Å². The molecule has 1 atom stereocenters. The zero-order valence-electron chi connectivity index (χ0n) is 9.40. The second-order valence-corrected chi connectivity index (χ2v) is 4.48. The van der Waals surface area contributed by atoms with Crippen LogP contribution in [0.1, 0.15) is 29.4 Å². The van der Waals surface area contributed by atoms with Crippen LogP contribution in [-0.4, -0.2) is 39.8 Å². The van der Waals surface area contributed by atoms with Crippen LogP contribution in [0.3, 0.4) is 0 Å². The van der Waals surface area contributed by atoms with Crippen molar-refractivity contribution in [2.45, 2.75) is 25.9 Å². The quantitative estimate of drug-likeness (QED) is 0.722. The molecule has 1 amide bonds. The van der Waals surface area contributed by atoms with Crippen molar-refractivity contribution in [1.82, 2.24) is 15.1 Å². The van der Waals surface area contributed by atoms with Gasteiger partial charge in [0.25, 0.3) is 5.91 Å². The first-order chi connectivity index (χ1) is 7.48. The van der Waals surface area contributed by atoms with Crippen LogP contribution in [0, 0.1) is 6.92 Å². The number of likely N-dealkylation sites (tertiary alicyclic amines) is 1. The average molecular weight is 223 g/mol. The van der Waals surface area contributed by atoms with Crippen LogP contribution in [-0.2, 0) is 0 Å². The molecule has 1 aromatic heterocycles. The molecule has 0 saturated carbocycles. The molecule has 1 aliphatic heterocycles. The molecular formula is C11H14FN3O. The van der Waals surface area contributed by atoms with Crippen LogP contribution in [0.4, 0.5) is 4.39 Å². The van der Waals surface area contributed by atoms with Gasteiger partial charge in [-0.15, -0.1) is 0 Å². The summed E-state index contributed by atoms with van der Waals surface area (Å²) in [6, 6.07) is 1.67. The van der Waals surface area contributed by atoms with Gasteiger partial charge in [0.05, 0.1) is 24.0 Å². The van der Waals surface area contributed by atoms with Gasteiger partial charge in [-0.1, -0.05) is 0 Å². The maximum Gasteiger partial charge on any atom is 0.255 e. The van der Waals surface area contributed by atoms with Crippen LogP contribution in [0.5, 0.6) is 0 Å². The van der Waals surface area contributed by atoms with Gasteiger partial charge in [0.2, 0.25) is 0 Å². The normalized spacial score (nSPS) is 24.8. The predicted molar refractivity (Wildman–Crippen MR) is 56.8 cm³/mol. The van der Waals surface area contributed by atoms with E-state index >= 15 is 0 Å². The molecular weight excluding hydrogens is 209 g/mol. The fraction of sp³-hybridized carbons (Fsp3) is 0.545. The molecule has 5 heteroatoms. The summed E-state index contributed by atoms with van der Waals surface area (Å²) in [6.45, 7) is 3.92. The highest BCUT2D eigenvalue weighted by Crippen LogP contribution is 2.25. The molecule has 0 N–H and O–H groups in total. The third-order valence-corrected chi connectivity index (χ3v) is 2.73. The maximum atomic E-state index is 13.6. The van der Waals surface area contributed by atoms with Crippen molar-refractivity contribution >= 4 is 5.91 Å². The van der Waals surface area contributed by atoms with Crippen molar-refractivity contribution in [2.75, 3.05) is 13.1 Å². The van der Waals surface area contributed by atoms with Crippen LogP contribution < -0.4 is 0 Å². The number of alkyl halides is 1. The van der Waals surface area contributed by atoms with E-state index in [0.29, 0.717) is 24.2 Å². The molecule has 4 nitrogen and oxygen atoms in total. The third-order valence-electron chi connectivity index (χ3n) is 2.73. The molecule has 1 aromatic rings. The number of halogens is 1. The lowest BCUT2D eigenvalue weighted by Crippen LogP contribution is -2.32. The van der Waals surface area contributed by atoms with E-state index in [-0.39, 0.29) is 12.5 Å². The van der Waals surface area contributed by atoms with Crippen molar-refractivity contribution in [3.8, 4) is 0 Å². The Labute approximate surface area is 93.5 Å². The minimum absolute atomic E-state index is 0.160. The maximum absolute atomic E-state index is 13.6. The molecule has 0 aromatic carbocycles. The molecule has 0 radical (unpaired) electrons. The number of hydrogen-bond acceptors (Lipinski definition) is 3. The van der Waals surface area contributed by atoms with Gasteiger partial charge in [-0.05, 0) is 19.9 Å². The van der Waals surface area contributed by atoms with Crippen LogP contribution >= 0.6 is 0 Å². The van der Waals surface area contributed by atoms with E-state index in [1.54, 1.807) is 13.0 Å². The number of aromatic nitrogens is 2. The standard InChI is InChI=1S/C11H14FN3O/c1-8-5-9(6-13-14-8)10(16)15-4-3-11(2,12)7-15/h5-6H,3-4,7H2,1-2H3. The number of carbonyl (C=O) groups excluding carboxylic acids is 1. The summed E-state index contributed by atoms with van der Waals surface area (Å²) >= 11 is 0. The van der Waals surface area contributed by atoms with Gasteiger partial charge in [0.1, 0.15) is 5.67 Å². The lowest BCUT2D eigenvalue weighted by atomic mass is 10.1. The summed E-state index contributed by atoms with van der Waals surface area (Å²) in [5, 5.41) is 7.50. The van der Waals surface area contributed by atoms with E-state index < -0.39 is 5.67 Å². The van der Waals surface area contributed by atoms with Gasteiger partial charge in [-0.25, -0.2) is 4.39 Å². The molecule has 16 heavy (non-hydrogen) atoms. The zero-order valence-corrected chi connectivity index (χ0v) is 9.40. The molecule has 86 valence electrons. The number of hydrogen-bond donors (Lipinski definition) is 0. The summed E-state index contributed by atoms with van der Waals surface area (Å²) in [5.74, 6) is -0.167. The Balaban J connectivity index is 2.15. The van der Waals surface area contributed by atoms with Crippen LogP contribution in [0.25, 0.3) is 0 Å². The minimum Gasteiger partial charge on any atom is -0.335 e. The molecule has 2 rings (SSSR count). The van der Waals surface area contributed by atoms with Crippen molar-refractivity contribution in [2.24, 2.45) is 0 Å².